The zero-order chi connectivity index (χ0) is 13.6. The van der Waals surface area contributed by atoms with Crippen molar-refractivity contribution >= 4 is 23.7 Å². The van der Waals surface area contributed by atoms with E-state index < -0.39 is 35.9 Å². The molecule has 0 bridgehead atoms. The third-order valence-corrected chi connectivity index (χ3v) is 1.71. The van der Waals surface area contributed by atoms with Gasteiger partial charge in [0.25, 0.3) is 5.91 Å². The molecular weight excluding hydrogens is 230 g/mol. The van der Waals surface area contributed by atoms with E-state index in [0.717, 1.165) is 0 Å². The van der Waals surface area contributed by atoms with E-state index in [2.05, 4.69) is 16.0 Å². The first-order valence-corrected chi connectivity index (χ1v) is 4.75. The maximum absolute atomic E-state index is 11.6. The van der Waals surface area contributed by atoms with Gasteiger partial charge in [0.1, 0.15) is 6.54 Å². The van der Waals surface area contributed by atoms with Crippen molar-refractivity contribution in [3.05, 3.63) is 0 Å². The maximum atomic E-state index is 11.6. The number of nitrogens with one attached hydrogen (secondary N) is 3. The average Bonchev–Trinajstić information content (AvgIpc) is 2.10. The summed E-state index contributed by atoms with van der Waals surface area (Å²) in [6.45, 7) is 3.00. The lowest BCUT2D eigenvalue weighted by molar-refractivity contribution is -0.140. The Morgan fingerprint density at radius 1 is 1.06 bits per heavy atom. The van der Waals surface area contributed by atoms with Crippen LogP contribution in [0.3, 0.4) is 0 Å². The lowest BCUT2D eigenvalue weighted by Crippen LogP contribution is -2.66. The van der Waals surface area contributed by atoms with Gasteiger partial charge >= 0.3 is 5.97 Å². The minimum absolute atomic E-state index is 0.535. The molecule has 3 amide bonds. The number of carboxylic acids is 1. The summed E-state index contributed by atoms with van der Waals surface area (Å²) in [5, 5.41) is 14.9. The Morgan fingerprint density at radius 3 is 1.76 bits per heavy atom. The Balaban J connectivity index is 4.77. The minimum atomic E-state index is -1.67. The zero-order valence-electron chi connectivity index (χ0n) is 9.79. The van der Waals surface area contributed by atoms with Gasteiger partial charge in [-0.05, 0) is 6.92 Å². The summed E-state index contributed by atoms with van der Waals surface area (Å²) in [4.78, 5) is 43.8. The van der Waals surface area contributed by atoms with Crippen molar-refractivity contribution in [2.45, 2.75) is 26.4 Å². The van der Waals surface area contributed by atoms with Crippen LogP contribution in [0.25, 0.3) is 0 Å². The Kier molecular flexibility index (Phi) is 5.10. The fourth-order valence-electron chi connectivity index (χ4n) is 1.18. The Hall–Kier alpha value is -2.12. The van der Waals surface area contributed by atoms with E-state index in [1.807, 2.05) is 0 Å². The van der Waals surface area contributed by atoms with Gasteiger partial charge in [-0.1, -0.05) is 0 Å². The molecule has 0 aromatic carbocycles. The van der Waals surface area contributed by atoms with Crippen LogP contribution in [0, 0.1) is 0 Å². The highest BCUT2D eigenvalue weighted by molar-refractivity contribution is 5.94. The molecule has 0 radical (unpaired) electrons. The summed E-state index contributed by atoms with van der Waals surface area (Å²) >= 11 is 0. The average molecular weight is 245 g/mol. The van der Waals surface area contributed by atoms with Gasteiger partial charge in [-0.25, -0.2) is 0 Å². The van der Waals surface area contributed by atoms with Crippen LogP contribution in [0.5, 0.6) is 0 Å². The van der Waals surface area contributed by atoms with Crippen LogP contribution >= 0.6 is 0 Å². The summed E-state index contributed by atoms with van der Waals surface area (Å²) in [7, 11) is 0. The Morgan fingerprint density at radius 2 is 1.47 bits per heavy atom. The van der Waals surface area contributed by atoms with Gasteiger partial charge < -0.3 is 21.1 Å². The molecule has 0 heterocycles. The van der Waals surface area contributed by atoms with E-state index in [4.69, 9.17) is 5.11 Å². The molecule has 8 nitrogen and oxygen atoms in total. The molecule has 0 aromatic rings. The van der Waals surface area contributed by atoms with Crippen LogP contribution in [0.4, 0.5) is 0 Å². The van der Waals surface area contributed by atoms with Crippen molar-refractivity contribution in [3.63, 3.8) is 0 Å². The third-order valence-electron chi connectivity index (χ3n) is 1.71. The van der Waals surface area contributed by atoms with Gasteiger partial charge in [-0.2, -0.15) is 0 Å². The summed E-state index contributed by atoms with van der Waals surface area (Å²) in [5.41, 5.74) is -1.67. The molecule has 0 unspecified atom stereocenters. The SMILES string of the molecule is CC(=O)NC(C)(NC(C)=O)C(=O)NCC(=O)O. The Bertz CT molecular complexity index is 337. The molecule has 0 rings (SSSR count). The molecule has 0 atom stereocenters. The number of amides is 3. The second-order valence-electron chi connectivity index (χ2n) is 3.56. The van der Waals surface area contributed by atoms with Crippen LogP contribution in [-0.2, 0) is 19.2 Å². The topological polar surface area (TPSA) is 125 Å². The molecule has 0 fully saturated rings. The first-order chi connectivity index (χ1) is 7.67. The van der Waals surface area contributed by atoms with Crippen molar-refractivity contribution in [3.8, 4) is 0 Å². The van der Waals surface area contributed by atoms with Crippen LogP contribution in [-0.4, -0.2) is 41.0 Å². The molecule has 0 aliphatic carbocycles. The molecule has 0 aromatic heterocycles. The summed E-state index contributed by atoms with van der Waals surface area (Å²) in [6, 6.07) is 0. The number of carbonyl (C=O) groups excluding carboxylic acids is 3. The molecule has 17 heavy (non-hydrogen) atoms. The van der Waals surface area contributed by atoms with Crippen LogP contribution in [0.1, 0.15) is 20.8 Å². The first-order valence-electron chi connectivity index (χ1n) is 4.75. The van der Waals surface area contributed by atoms with E-state index in [1.165, 1.54) is 20.8 Å². The molecule has 0 spiro atoms. The highest BCUT2D eigenvalue weighted by atomic mass is 16.4. The van der Waals surface area contributed by atoms with Crippen LogP contribution < -0.4 is 16.0 Å². The van der Waals surface area contributed by atoms with Gasteiger partial charge in [0.05, 0.1) is 0 Å². The molecular formula is C9H15N3O5. The second kappa shape index (κ2) is 5.83. The molecule has 0 saturated heterocycles. The minimum Gasteiger partial charge on any atom is -0.480 e. The van der Waals surface area contributed by atoms with Crippen LogP contribution in [0.2, 0.25) is 0 Å². The van der Waals surface area contributed by atoms with Gasteiger partial charge in [-0.15, -0.1) is 0 Å². The number of hydrogen-bond acceptors (Lipinski definition) is 4. The van der Waals surface area contributed by atoms with Crippen molar-refractivity contribution in [1.82, 2.24) is 16.0 Å². The highest BCUT2D eigenvalue weighted by Crippen LogP contribution is 1.99. The summed E-state index contributed by atoms with van der Waals surface area (Å²) < 4.78 is 0. The molecule has 0 aliphatic heterocycles. The molecule has 8 heteroatoms. The predicted molar refractivity (Wildman–Crippen MR) is 56.7 cm³/mol. The monoisotopic (exact) mass is 245 g/mol. The number of carboxylic acid groups (broad SMARTS) is 1. The Labute approximate surface area is 97.7 Å². The van der Waals surface area contributed by atoms with Gasteiger partial charge in [-0.3, -0.25) is 19.2 Å². The second-order valence-corrected chi connectivity index (χ2v) is 3.56. The van der Waals surface area contributed by atoms with Crippen LogP contribution in [0.15, 0.2) is 0 Å². The summed E-state index contributed by atoms with van der Waals surface area (Å²) in [6.07, 6.45) is 0. The van der Waals surface area contributed by atoms with E-state index in [-0.39, 0.29) is 0 Å². The fraction of sp³-hybridized carbons (Fsp3) is 0.556. The van der Waals surface area contributed by atoms with Gasteiger partial charge in [0, 0.05) is 13.8 Å². The fourth-order valence-corrected chi connectivity index (χ4v) is 1.18. The number of hydrogen-bond donors (Lipinski definition) is 4. The maximum Gasteiger partial charge on any atom is 0.322 e. The van der Waals surface area contributed by atoms with E-state index in [9.17, 15) is 19.2 Å². The van der Waals surface area contributed by atoms with Crippen molar-refractivity contribution < 1.29 is 24.3 Å². The highest BCUT2D eigenvalue weighted by Gasteiger charge is 2.35. The molecule has 0 aliphatic rings. The van der Waals surface area contributed by atoms with Crippen molar-refractivity contribution in [2.24, 2.45) is 0 Å². The van der Waals surface area contributed by atoms with Gasteiger partial charge in [0.15, 0.2) is 5.66 Å². The number of aliphatic carboxylic acids is 1. The van der Waals surface area contributed by atoms with Gasteiger partial charge in [0.2, 0.25) is 11.8 Å². The largest absolute Gasteiger partial charge is 0.480 e. The lowest BCUT2D eigenvalue weighted by Gasteiger charge is -2.29. The molecule has 4 N–H and O–H groups in total. The third kappa shape index (κ3) is 5.50. The summed E-state index contributed by atoms with van der Waals surface area (Å²) in [5.74, 6) is -3.12. The predicted octanol–water partition coefficient (Wildman–Crippen LogP) is -1.82. The normalized spacial score (nSPS) is 10.3. The van der Waals surface area contributed by atoms with E-state index in [1.54, 1.807) is 0 Å². The zero-order valence-corrected chi connectivity index (χ0v) is 9.79. The van der Waals surface area contributed by atoms with E-state index in [0.29, 0.717) is 0 Å². The smallest absolute Gasteiger partial charge is 0.322 e. The first kappa shape index (κ1) is 14.9. The molecule has 96 valence electrons. The van der Waals surface area contributed by atoms with Crippen molar-refractivity contribution in [2.75, 3.05) is 6.54 Å². The molecule has 0 saturated carbocycles. The quantitative estimate of drug-likeness (QED) is 0.424. The lowest BCUT2D eigenvalue weighted by atomic mass is 10.1. The number of rotatable bonds is 5. The standard InChI is InChI=1S/C9H15N3O5/c1-5(13)11-9(3,12-6(2)14)8(17)10-4-7(15)16/h4H2,1-3H3,(H,10,17)(H,11,13)(H,12,14)(H,15,16). The number of carbonyl (C=O) groups is 4. The van der Waals surface area contributed by atoms with E-state index >= 15 is 0 Å². The van der Waals surface area contributed by atoms with Crippen molar-refractivity contribution in [1.29, 1.82) is 0 Å².